The van der Waals surface area contributed by atoms with Crippen LogP contribution in [0.15, 0.2) is 0 Å². The van der Waals surface area contributed by atoms with Gasteiger partial charge in [0.1, 0.15) is 0 Å². The van der Waals surface area contributed by atoms with Crippen molar-refractivity contribution >= 4 is 0 Å². The Morgan fingerprint density at radius 1 is 1.00 bits per heavy atom. The third-order valence-electron chi connectivity index (χ3n) is 3.48. The van der Waals surface area contributed by atoms with Gasteiger partial charge in [0, 0.05) is 19.1 Å². The zero-order valence-corrected chi connectivity index (χ0v) is 6.92. The van der Waals surface area contributed by atoms with E-state index < -0.39 is 0 Å². The highest BCUT2D eigenvalue weighted by Crippen LogP contribution is 2.36. The smallest absolute Gasteiger partial charge is 0.00966 e. The lowest BCUT2D eigenvalue weighted by Gasteiger charge is -2.47. The molecule has 3 aliphatic rings. The molecule has 0 aromatic carbocycles. The third-order valence-corrected chi connectivity index (χ3v) is 3.48. The van der Waals surface area contributed by atoms with E-state index in [2.05, 4.69) is 10.2 Å². The van der Waals surface area contributed by atoms with Gasteiger partial charge in [0.15, 0.2) is 0 Å². The lowest BCUT2D eigenvalue weighted by molar-refractivity contribution is 0.0309. The lowest BCUT2D eigenvalue weighted by atomic mass is 9.82. The lowest BCUT2D eigenvalue weighted by Crippen LogP contribution is -2.58. The van der Waals surface area contributed by atoms with E-state index >= 15 is 0 Å². The van der Waals surface area contributed by atoms with Gasteiger partial charge in [-0.25, -0.2) is 0 Å². The summed E-state index contributed by atoms with van der Waals surface area (Å²) in [7, 11) is 0. The normalized spacial score (nSPS) is 34.9. The van der Waals surface area contributed by atoms with E-state index in [9.17, 15) is 0 Å². The van der Waals surface area contributed by atoms with Crippen molar-refractivity contribution in [2.45, 2.75) is 18.9 Å². The van der Waals surface area contributed by atoms with Crippen molar-refractivity contribution in [3.63, 3.8) is 0 Å². The van der Waals surface area contributed by atoms with Crippen LogP contribution >= 0.6 is 0 Å². The van der Waals surface area contributed by atoms with Crippen molar-refractivity contribution in [3.05, 3.63) is 0 Å². The van der Waals surface area contributed by atoms with Crippen LogP contribution in [-0.4, -0.2) is 37.1 Å². The first kappa shape index (κ1) is 6.44. The molecule has 1 saturated carbocycles. The number of nitrogens with zero attached hydrogens (tertiary/aromatic N) is 1. The van der Waals surface area contributed by atoms with Crippen molar-refractivity contribution in [1.82, 2.24) is 10.2 Å². The van der Waals surface area contributed by atoms with Gasteiger partial charge in [-0.2, -0.15) is 0 Å². The number of likely N-dealkylation sites (tertiary alicyclic amines) is 1. The molecule has 0 amide bonds. The molecule has 0 bridgehead atoms. The highest BCUT2D eigenvalue weighted by molar-refractivity contribution is 4.97. The van der Waals surface area contributed by atoms with Crippen LogP contribution in [0.5, 0.6) is 0 Å². The first-order chi connectivity index (χ1) is 5.43. The van der Waals surface area contributed by atoms with Gasteiger partial charge in [0.2, 0.25) is 0 Å². The Morgan fingerprint density at radius 3 is 2.18 bits per heavy atom. The summed E-state index contributed by atoms with van der Waals surface area (Å²) in [5, 5.41) is 3.35. The van der Waals surface area contributed by atoms with Crippen LogP contribution < -0.4 is 5.32 Å². The molecule has 3 rings (SSSR count). The number of nitrogens with one attached hydrogen (secondary N) is 1. The topological polar surface area (TPSA) is 15.3 Å². The number of rotatable bonds is 2. The highest BCUT2D eigenvalue weighted by atomic mass is 15.2. The van der Waals surface area contributed by atoms with E-state index in [0.717, 1.165) is 17.9 Å². The fourth-order valence-corrected chi connectivity index (χ4v) is 2.23. The molecular weight excluding hydrogens is 136 g/mol. The molecular formula is C9H16N2. The maximum atomic E-state index is 3.35. The van der Waals surface area contributed by atoms with Crippen molar-refractivity contribution in [2.75, 3.05) is 26.2 Å². The Kier molecular flexibility index (Phi) is 1.29. The van der Waals surface area contributed by atoms with Gasteiger partial charge in [0.05, 0.1) is 0 Å². The van der Waals surface area contributed by atoms with Crippen LogP contribution in [0.2, 0.25) is 0 Å². The number of hydrogen-bond donors (Lipinski definition) is 1. The second-order valence-corrected chi connectivity index (χ2v) is 4.36. The SMILES string of the molecule is C1NCC1C1CN(C2CC2)C1. The minimum absolute atomic E-state index is 1.01. The fraction of sp³-hybridized carbons (Fsp3) is 1.00. The minimum Gasteiger partial charge on any atom is -0.316 e. The van der Waals surface area contributed by atoms with E-state index in [1.54, 1.807) is 0 Å². The van der Waals surface area contributed by atoms with E-state index in [0.29, 0.717) is 0 Å². The van der Waals surface area contributed by atoms with Crippen molar-refractivity contribution in [2.24, 2.45) is 11.8 Å². The molecule has 11 heavy (non-hydrogen) atoms. The standard InChI is InChI=1S/C9H16N2/c1-2-9(1)11-5-8(6-11)7-3-10-4-7/h7-10H,1-6H2. The van der Waals surface area contributed by atoms with E-state index in [1.807, 2.05) is 0 Å². The van der Waals surface area contributed by atoms with Crippen molar-refractivity contribution < 1.29 is 0 Å². The second-order valence-electron chi connectivity index (χ2n) is 4.36. The van der Waals surface area contributed by atoms with Crippen molar-refractivity contribution in [3.8, 4) is 0 Å². The first-order valence-corrected chi connectivity index (χ1v) is 4.88. The van der Waals surface area contributed by atoms with Gasteiger partial charge in [-0.3, -0.25) is 4.90 Å². The molecule has 2 heterocycles. The summed E-state index contributed by atoms with van der Waals surface area (Å²) in [6, 6.07) is 1.01. The van der Waals surface area contributed by atoms with Crippen LogP contribution in [0, 0.1) is 11.8 Å². The van der Waals surface area contributed by atoms with E-state index in [-0.39, 0.29) is 0 Å². The van der Waals surface area contributed by atoms with Gasteiger partial charge in [-0.1, -0.05) is 0 Å². The molecule has 0 radical (unpaired) electrons. The summed E-state index contributed by atoms with van der Waals surface area (Å²) in [4.78, 5) is 2.67. The molecule has 1 N–H and O–H groups in total. The molecule has 2 aliphatic heterocycles. The predicted molar refractivity (Wildman–Crippen MR) is 44.4 cm³/mol. The van der Waals surface area contributed by atoms with Gasteiger partial charge in [-0.15, -0.1) is 0 Å². The Morgan fingerprint density at radius 2 is 1.73 bits per heavy atom. The Balaban J connectivity index is 1.47. The summed E-state index contributed by atoms with van der Waals surface area (Å²) < 4.78 is 0. The van der Waals surface area contributed by atoms with Crippen molar-refractivity contribution in [1.29, 1.82) is 0 Å². The fourth-order valence-electron chi connectivity index (χ4n) is 2.23. The molecule has 2 saturated heterocycles. The van der Waals surface area contributed by atoms with Crippen LogP contribution in [0.25, 0.3) is 0 Å². The average molecular weight is 152 g/mol. The molecule has 62 valence electrons. The van der Waals surface area contributed by atoms with E-state index in [4.69, 9.17) is 0 Å². The number of hydrogen-bond acceptors (Lipinski definition) is 2. The summed E-state index contributed by atoms with van der Waals surface area (Å²) in [5.41, 5.74) is 0. The molecule has 0 spiro atoms. The summed E-state index contributed by atoms with van der Waals surface area (Å²) in [6.07, 6.45) is 2.96. The van der Waals surface area contributed by atoms with E-state index in [1.165, 1.54) is 39.0 Å². The summed E-state index contributed by atoms with van der Waals surface area (Å²) in [6.45, 7) is 5.42. The van der Waals surface area contributed by atoms with Crippen LogP contribution in [0.1, 0.15) is 12.8 Å². The van der Waals surface area contributed by atoms with Gasteiger partial charge >= 0.3 is 0 Å². The molecule has 0 aromatic heterocycles. The van der Waals surface area contributed by atoms with Gasteiger partial charge < -0.3 is 5.32 Å². The molecule has 1 aliphatic carbocycles. The Labute approximate surface area is 68.0 Å². The molecule has 0 unspecified atom stereocenters. The second kappa shape index (κ2) is 2.20. The molecule has 0 atom stereocenters. The molecule has 0 aromatic rings. The summed E-state index contributed by atoms with van der Waals surface area (Å²) >= 11 is 0. The van der Waals surface area contributed by atoms with Gasteiger partial charge in [0.25, 0.3) is 0 Å². The minimum atomic E-state index is 1.01. The van der Waals surface area contributed by atoms with Crippen LogP contribution in [-0.2, 0) is 0 Å². The third kappa shape index (κ3) is 1.00. The first-order valence-electron chi connectivity index (χ1n) is 4.88. The molecule has 3 fully saturated rings. The zero-order valence-electron chi connectivity index (χ0n) is 6.92. The highest BCUT2D eigenvalue weighted by Gasteiger charge is 2.42. The Bertz CT molecular complexity index is 155. The van der Waals surface area contributed by atoms with Gasteiger partial charge in [-0.05, 0) is 37.8 Å². The van der Waals surface area contributed by atoms with Crippen LogP contribution in [0.4, 0.5) is 0 Å². The quantitative estimate of drug-likeness (QED) is 0.612. The predicted octanol–water partition coefficient (Wildman–Crippen LogP) is 0.300. The Hall–Kier alpha value is -0.0800. The average Bonchev–Trinajstić information content (AvgIpc) is 2.53. The summed E-state index contributed by atoms with van der Waals surface area (Å²) in [5.74, 6) is 2.09. The zero-order chi connectivity index (χ0) is 7.26. The van der Waals surface area contributed by atoms with Crippen LogP contribution in [0.3, 0.4) is 0 Å². The molecule has 2 heteroatoms. The monoisotopic (exact) mass is 152 g/mol. The maximum Gasteiger partial charge on any atom is 0.00966 e. The maximum absolute atomic E-state index is 3.35. The molecule has 2 nitrogen and oxygen atoms in total. The largest absolute Gasteiger partial charge is 0.316 e.